The molecule has 0 spiro atoms. The van der Waals surface area contributed by atoms with Crippen molar-refractivity contribution < 1.29 is 19.5 Å². The van der Waals surface area contributed by atoms with Gasteiger partial charge in [0.05, 0.1) is 29.9 Å². The van der Waals surface area contributed by atoms with Crippen LogP contribution in [0.1, 0.15) is 42.3 Å². The normalized spacial score (nSPS) is 20.1. The van der Waals surface area contributed by atoms with E-state index in [9.17, 15) is 14.4 Å². The largest absolute Gasteiger partial charge is 0.481 e. The zero-order valence-electron chi connectivity index (χ0n) is 18.0. The number of para-hydroxylation sites is 2. The van der Waals surface area contributed by atoms with Gasteiger partial charge in [-0.05, 0) is 42.2 Å². The molecule has 1 fully saturated rings. The van der Waals surface area contributed by atoms with E-state index in [0.29, 0.717) is 12.2 Å². The minimum atomic E-state index is -1.04. The number of aromatic nitrogens is 2. The summed E-state index contributed by atoms with van der Waals surface area (Å²) in [4.78, 5) is 46.4. The molecule has 5 rings (SSSR count). The third-order valence-electron chi connectivity index (χ3n) is 6.30. The van der Waals surface area contributed by atoms with Crippen molar-refractivity contribution in [3.8, 4) is 0 Å². The van der Waals surface area contributed by atoms with Gasteiger partial charge in [0.2, 0.25) is 11.8 Å². The maximum absolute atomic E-state index is 13.2. The summed E-state index contributed by atoms with van der Waals surface area (Å²) in [5, 5.41) is 14.8. The van der Waals surface area contributed by atoms with E-state index in [4.69, 9.17) is 10.1 Å². The summed E-state index contributed by atoms with van der Waals surface area (Å²) < 4.78 is 0. The number of hydrogen-bond donors (Lipinski definition) is 4. The van der Waals surface area contributed by atoms with Crippen LogP contribution in [0, 0.1) is 0 Å². The number of carboxylic acids is 1. The van der Waals surface area contributed by atoms with E-state index in [1.54, 1.807) is 0 Å². The molecule has 2 aliphatic heterocycles. The van der Waals surface area contributed by atoms with E-state index in [1.165, 1.54) is 0 Å². The van der Waals surface area contributed by atoms with Gasteiger partial charge in [-0.2, -0.15) is 0 Å². The molecule has 9 nitrogen and oxygen atoms in total. The Morgan fingerprint density at radius 1 is 1.18 bits per heavy atom. The SMILES string of the molecule is O=C(O)C[C@@H]1Nc2ccc(CC(=O)N3CCC[C@@H]3c3nc4ccccc4[nH]3)cc2CNC1=O. The summed E-state index contributed by atoms with van der Waals surface area (Å²) in [6, 6.07) is 12.5. The second-order valence-corrected chi connectivity index (χ2v) is 8.57. The van der Waals surface area contributed by atoms with Gasteiger partial charge in [0.25, 0.3) is 0 Å². The maximum Gasteiger partial charge on any atom is 0.305 e. The smallest absolute Gasteiger partial charge is 0.305 e. The van der Waals surface area contributed by atoms with Crippen molar-refractivity contribution in [3.63, 3.8) is 0 Å². The maximum atomic E-state index is 13.2. The lowest BCUT2D eigenvalue weighted by atomic mass is 10.0. The van der Waals surface area contributed by atoms with Gasteiger partial charge < -0.3 is 25.6 Å². The van der Waals surface area contributed by atoms with Crippen molar-refractivity contribution in [2.75, 3.05) is 11.9 Å². The first-order valence-corrected chi connectivity index (χ1v) is 11.1. The van der Waals surface area contributed by atoms with Crippen molar-refractivity contribution in [1.29, 1.82) is 0 Å². The van der Waals surface area contributed by atoms with Gasteiger partial charge >= 0.3 is 5.97 Å². The number of anilines is 1. The molecule has 0 aliphatic carbocycles. The van der Waals surface area contributed by atoms with Gasteiger partial charge in [0.1, 0.15) is 11.9 Å². The Morgan fingerprint density at radius 3 is 2.85 bits per heavy atom. The number of carbonyl (C=O) groups excluding carboxylic acids is 2. The number of H-pyrrole nitrogens is 1. The van der Waals surface area contributed by atoms with Gasteiger partial charge in [-0.15, -0.1) is 0 Å². The zero-order valence-corrected chi connectivity index (χ0v) is 18.0. The molecule has 33 heavy (non-hydrogen) atoms. The number of carbonyl (C=O) groups is 3. The van der Waals surface area contributed by atoms with E-state index in [0.717, 1.165) is 40.8 Å². The number of imidazole rings is 1. The second kappa shape index (κ2) is 8.57. The average Bonchev–Trinajstić information content (AvgIpc) is 3.41. The highest BCUT2D eigenvalue weighted by Gasteiger charge is 2.32. The molecule has 2 atom stereocenters. The van der Waals surface area contributed by atoms with Crippen LogP contribution in [-0.4, -0.2) is 50.3 Å². The summed E-state index contributed by atoms with van der Waals surface area (Å²) in [7, 11) is 0. The standard InChI is InChI=1S/C24H25N5O4/c30-21(29-9-3-6-20(29)23-27-17-4-1-2-5-18(17)28-23)11-14-7-8-16-15(10-14)13-25-24(33)19(26-16)12-22(31)32/h1-2,4-5,7-8,10,19-20,26H,3,6,9,11-13H2,(H,25,33)(H,27,28)(H,31,32)/t19-,20+/m0/s1. The summed E-state index contributed by atoms with van der Waals surface area (Å²) in [6.07, 6.45) is 1.75. The molecular formula is C24H25N5O4. The molecule has 0 bridgehead atoms. The first kappa shape index (κ1) is 21.0. The summed E-state index contributed by atoms with van der Waals surface area (Å²) in [6.45, 7) is 0.977. The number of benzene rings is 2. The quantitative estimate of drug-likeness (QED) is 0.476. The first-order valence-electron chi connectivity index (χ1n) is 11.1. The average molecular weight is 447 g/mol. The fourth-order valence-electron chi connectivity index (χ4n) is 4.68. The number of likely N-dealkylation sites (tertiary alicyclic amines) is 1. The van der Waals surface area contributed by atoms with Gasteiger partial charge in [-0.1, -0.05) is 24.3 Å². The highest BCUT2D eigenvalue weighted by molar-refractivity contribution is 5.90. The Labute approximate surface area is 190 Å². The van der Waals surface area contributed by atoms with E-state index in [-0.39, 0.29) is 37.2 Å². The van der Waals surface area contributed by atoms with Crippen molar-refractivity contribution in [3.05, 3.63) is 59.4 Å². The van der Waals surface area contributed by atoms with Crippen LogP contribution >= 0.6 is 0 Å². The molecule has 1 aromatic heterocycles. The Hall–Kier alpha value is -3.88. The lowest BCUT2D eigenvalue weighted by molar-refractivity contribution is -0.139. The fraction of sp³-hybridized carbons (Fsp3) is 0.333. The second-order valence-electron chi connectivity index (χ2n) is 8.57. The molecule has 1 saturated heterocycles. The summed E-state index contributed by atoms with van der Waals surface area (Å²) in [5.41, 5.74) is 4.25. The van der Waals surface area contributed by atoms with Crippen LogP contribution in [-0.2, 0) is 27.3 Å². The molecule has 3 aromatic rings. The van der Waals surface area contributed by atoms with Crippen LogP contribution in [0.5, 0.6) is 0 Å². The molecule has 2 amide bonds. The molecule has 170 valence electrons. The number of carboxylic acid groups (broad SMARTS) is 1. The van der Waals surface area contributed by atoms with E-state index in [1.807, 2.05) is 47.4 Å². The molecule has 9 heteroatoms. The third-order valence-corrected chi connectivity index (χ3v) is 6.30. The molecule has 0 radical (unpaired) electrons. The fourth-order valence-corrected chi connectivity index (χ4v) is 4.68. The summed E-state index contributed by atoms with van der Waals surface area (Å²) >= 11 is 0. The Kier molecular flexibility index (Phi) is 5.45. The molecule has 2 aliphatic rings. The highest BCUT2D eigenvalue weighted by Crippen LogP contribution is 2.32. The van der Waals surface area contributed by atoms with Gasteiger partial charge in [-0.3, -0.25) is 14.4 Å². The minimum absolute atomic E-state index is 0.0345. The third kappa shape index (κ3) is 4.26. The molecule has 2 aromatic carbocycles. The number of nitrogens with one attached hydrogen (secondary N) is 3. The Balaban J connectivity index is 1.31. The molecule has 0 unspecified atom stereocenters. The van der Waals surface area contributed by atoms with Crippen molar-refractivity contribution >= 4 is 34.5 Å². The van der Waals surface area contributed by atoms with Gasteiger partial charge in [0.15, 0.2) is 0 Å². The monoisotopic (exact) mass is 447 g/mol. The van der Waals surface area contributed by atoms with Crippen molar-refractivity contribution in [2.24, 2.45) is 0 Å². The van der Waals surface area contributed by atoms with Crippen LogP contribution in [0.4, 0.5) is 5.69 Å². The number of rotatable bonds is 5. The topological polar surface area (TPSA) is 127 Å². The van der Waals surface area contributed by atoms with E-state index in [2.05, 4.69) is 15.6 Å². The number of aliphatic carboxylic acids is 1. The van der Waals surface area contributed by atoms with Crippen molar-refractivity contribution in [2.45, 2.75) is 44.3 Å². The van der Waals surface area contributed by atoms with E-state index >= 15 is 0 Å². The predicted molar refractivity (Wildman–Crippen MR) is 121 cm³/mol. The number of fused-ring (bicyclic) bond motifs is 2. The van der Waals surface area contributed by atoms with Crippen LogP contribution in [0.25, 0.3) is 11.0 Å². The summed E-state index contributed by atoms with van der Waals surface area (Å²) in [5.74, 6) is -0.539. The number of amides is 2. The molecule has 3 heterocycles. The predicted octanol–water partition coefficient (Wildman–Crippen LogP) is 2.35. The van der Waals surface area contributed by atoms with Crippen LogP contribution in [0.3, 0.4) is 0 Å². The molecule has 0 saturated carbocycles. The lowest BCUT2D eigenvalue weighted by Gasteiger charge is -2.23. The van der Waals surface area contributed by atoms with Crippen LogP contribution in [0.15, 0.2) is 42.5 Å². The van der Waals surface area contributed by atoms with Crippen molar-refractivity contribution in [1.82, 2.24) is 20.2 Å². The number of hydrogen-bond acceptors (Lipinski definition) is 5. The van der Waals surface area contributed by atoms with Gasteiger partial charge in [0, 0.05) is 18.8 Å². The number of aromatic amines is 1. The first-order chi connectivity index (χ1) is 16.0. The van der Waals surface area contributed by atoms with Crippen LogP contribution in [0.2, 0.25) is 0 Å². The Bertz CT molecular complexity index is 1200. The van der Waals surface area contributed by atoms with Crippen LogP contribution < -0.4 is 10.6 Å². The highest BCUT2D eigenvalue weighted by atomic mass is 16.4. The molecule has 4 N–H and O–H groups in total. The van der Waals surface area contributed by atoms with Gasteiger partial charge in [-0.25, -0.2) is 4.98 Å². The number of nitrogens with zero attached hydrogens (tertiary/aromatic N) is 2. The Morgan fingerprint density at radius 2 is 2.03 bits per heavy atom. The zero-order chi connectivity index (χ0) is 22.9. The van der Waals surface area contributed by atoms with E-state index < -0.39 is 12.0 Å². The molecular weight excluding hydrogens is 422 g/mol. The minimum Gasteiger partial charge on any atom is -0.481 e. The lowest BCUT2D eigenvalue weighted by Crippen LogP contribution is -2.38.